The average Bonchev–Trinajstić information content (AvgIpc) is 2.90. The lowest BCUT2D eigenvalue weighted by Gasteiger charge is -2.34. The van der Waals surface area contributed by atoms with E-state index in [1.165, 1.54) is 0 Å². The zero-order chi connectivity index (χ0) is 27.2. The molecule has 2 heterocycles. The van der Waals surface area contributed by atoms with Crippen LogP contribution in [0.2, 0.25) is 10.0 Å². The molecule has 2 aromatic carbocycles. The fourth-order valence-corrected chi connectivity index (χ4v) is 5.09. The number of hydrogen-bond donors (Lipinski definition) is 2. The van der Waals surface area contributed by atoms with Crippen LogP contribution in [0.3, 0.4) is 0 Å². The van der Waals surface area contributed by atoms with Gasteiger partial charge in [-0.1, -0.05) is 41.4 Å². The molecular formula is C28H31Cl2N5O3. The minimum atomic E-state index is -0.445. The Labute approximate surface area is 232 Å². The molecule has 3 N–H and O–H groups in total. The summed E-state index contributed by atoms with van der Waals surface area (Å²) < 4.78 is 6.08. The van der Waals surface area contributed by atoms with E-state index in [0.29, 0.717) is 33.5 Å². The number of carbonyl (C=O) groups is 2. The van der Waals surface area contributed by atoms with Crippen LogP contribution in [0.1, 0.15) is 35.9 Å². The van der Waals surface area contributed by atoms with Crippen molar-refractivity contribution in [2.24, 2.45) is 0 Å². The number of halogens is 2. The molecule has 0 saturated carbocycles. The van der Waals surface area contributed by atoms with Crippen LogP contribution in [0, 0.1) is 0 Å². The maximum atomic E-state index is 12.6. The highest BCUT2D eigenvalue weighted by Gasteiger charge is 2.19. The number of hydrogen-bond acceptors (Lipinski definition) is 6. The van der Waals surface area contributed by atoms with E-state index in [4.69, 9.17) is 33.7 Å². The normalized spacial score (nSPS) is 14.7. The molecule has 38 heavy (non-hydrogen) atoms. The monoisotopic (exact) mass is 555 g/mol. The van der Waals surface area contributed by atoms with Crippen molar-refractivity contribution in [1.29, 1.82) is 0 Å². The van der Waals surface area contributed by atoms with Crippen LogP contribution in [0.4, 0.5) is 5.82 Å². The number of ether oxygens (including phenoxy) is 1. The third-order valence-electron chi connectivity index (χ3n) is 6.60. The molecule has 8 nitrogen and oxygen atoms in total. The number of pyridine rings is 1. The van der Waals surface area contributed by atoms with Gasteiger partial charge in [-0.3, -0.25) is 14.5 Å². The fourth-order valence-electron chi connectivity index (χ4n) is 4.39. The summed E-state index contributed by atoms with van der Waals surface area (Å²) in [6, 6.07) is 14.4. The first-order valence-electron chi connectivity index (χ1n) is 12.5. The minimum Gasteiger partial charge on any atom is -0.482 e. The van der Waals surface area contributed by atoms with E-state index in [9.17, 15) is 9.59 Å². The van der Waals surface area contributed by atoms with Crippen LogP contribution in [0.15, 0.2) is 54.7 Å². The SMILES string of the molecule is CC(=O)N1CCN(CCNC(=O)c2ccc(-c3cnc(N)c(OC(C)c4c(Cl)cccc4Cl)c3)cc2)CC1. The third kappa shape index (κ3) is 6.75. The summed E-state index contributed by atoms with van der Waals surface area (Å²) in [6.07, 6.45) is 1.22. The Bertz CT molecular complexity index is 1270. The summed E-state index contributed by atoms with van der Waals surface area (Å²) in [7, 11) is 0. The van der Waals surface area contributed by atoms with Gasteiger partial charge in [0.15, 0.2) is 11.6 Å². The zero-order valence-corrected chi connectivity index (χ0v) is 22.9. The number of nitrogen functional groups attached to an aromatic ring is 1. The molecular weight excluding hydrogens is 525 g/mol. The van der Waals surface area contributed by atoms with Gasteiger partial charge in [0.05, 0.1) is 0 Å². The molecule has 2 amide bonds. The van der Waals surface area contributed by atoms with E-state index in [2.05, 4.69) is 15.2 Å². The first-order valence-corrected chi connectivity index (χ1v) is 13.2. The van der Waals surface area contributed by atoms with E-state index in [-0.39, 0.29) is 17.6 Å². The highest BCUT2D eigenvalue weighted by molar-refractivity contribution is 6.36. The molecule has 3 aromatic rings. The van der Waals surface area contributed by atoms with Crippen LogP contribution in [0.25, 0.3) is 11.1 Å². The number of nitrogens with zero attached hydrogens (tertiary/aromatic N) is 3. The standard InChI is InChI=1S/C28H31Cl2N5O3/c1-18(26-23(29)4-3-5-24(26)30)38-25-16-22(17-33-27(25)31)20-6-8-21(9-7-20)28(37)32-10-11-34-12-14-35(15-13-34)19(2)36/h3-9,16-18H,10-15H2,1-2H3,(H2,31,33)(H,32,37). The molecule has 4 rings (SSSR count). The molecule has 1 atom stereocenters. The van der Waals surface area contributed by atoms with E-state index >= 15 is 0 Å². The largest absolute Gasteiger partial charge is 0.482 e. The van der Waals surface area contributed by atoms with Gasteiger partial charge in [-0.15, -0.1) is 0 Å². The minimum absolute atomic E-state index is 0.108. The Balaban J connectivity index is 1.35. The summed E-state index contributed by atoms with van der Waals surface area (Å²) in [5.74, 6) is 0.639. The van der Waals surface area contributed by atoms with Crippen molar-refractivity contribution in [3.8, 4) is 16.9 Å². The lowest BCUT2D eigenvalue weighted by molar-refractivity contribution is -0.130. The predicted octanol–water partition coefficient (Wildman–Crippen LogP) is 4.67. The van der Waals surface area contributed by atoms with Crippen LogP contribution in [-0.4, -0.2) is 65.9 Å². The van der Waals surface area contributed by atoms with Gasteiger partial charge in [0.2, 0.25) is 5.91 Å². The molecule has 10 heteroatoms. The quantitative estimate of drug-likeness (QED) is 0.418. The molecule has 1 unspecified atom stereocenters. The first kappa shape index (κ1) is 27.7. The molecule has 0 spiro atoms. The number of anilines is 1. The molecule has 0 aliphatic carbocycles. The van der Waals surface area contributed by atoms with Gasteiger partial charge in [0, 0.05) is 79.1 Å². The van der Waals surface area contributed by atoms with E-state index in [1.54, 1.807) is 43.5 Å². The smallest absolute Gasteiger partial charge is 0.251 e. The summed E-state index contributed by atoms with van der Waals surface area (Å²) >= 11 is 12.7. The second-order valence-corrected chi connectivity index (χ2v) is 10.00. The van der Waals surface area contributed by atoms with Crippen LogP contribution < -0.4 is 15.8 Å². The van der Waals surface area contributed by atoms with Crippen molar-refractivity contribution < 1.29 is 14.3 Å². The summed E-state index contributed by atoms with van der Waals surface area (Å²) in [6.45, 7) is 7.80. The molecule has 1 aromatic heterocycles. The van der Waals surface area contributed by atoms with Crippen molar-refractivity contribution in [3.63, 3.8) is 0 Å². The van der Waals surface area contributed by atoms with E-state index < -0.39 is 6.10 Å². The van der Waals surface area contributed by atoms with Gasteiger partial charge in [-0.25, -0.2) is 4.98 Å². The molecule has 1 saturated heterocycles. The predicted molar refractivity (Wildman–Crippen MR) is 151 cm³/mol. The summed E-state index contributed by atoms with van der Waals surface area (Å²) in [5, 5.41) is 3.99. The number of carbonyl (C=O) groups excluding carboxylic acids is 2. The zero-order valence-electron chi connectivity index (χ0n) is 21.4. The van der Waals surface area contributed by atoms with Crippen molar-refractivity contribution in [1.82, 2.24) is 20.1 Å². The highest BCUT2D eigenvalue weighted by Crippen LogP contribution is 2.35. The molecule has 0 radical (unpaired) electrons. The molecule has 200 valence electrons. The maximum absolute atomic E-state index is 12.6. The number of piperazine rings is 1. The number of benzene rings is 2. The van der Waals surface area contributed by atoms with Crippen LogP contribution >= 0.6 is 23.2 Å². The summed E-state index contributed by atoms with van der Waals surface area (Å²) in [5.41, 5.74) is 8.98. The van der Waals surface area contributed by atoms with Gasteiger partial charge in [0.25, 0.3) is 5.91 Å². The summed E-state index contributed by atoms with van der Waals surface area (Å²) in [4.78, 5) is 32.5. The van der Waals surface area contributed by atoms with Crippen molar-refractivity contribution >= 4 is 40.8 Å². The lowest BCUT2D eigenvalue weighted by Crippen LogP contribution is -2.49. The topological polar surface area (TPSA) is 101 Å². The molecule has 1 aliphatic rings. The number of nitrogens with two attached hydrogens (primary N) is 1. The van der Waals surface area contributed by atoms with Crippen LogP contribution in [-0.2, 0) is 4.79 Å². The number of nitrogens with one attached hydrogen (secondary N) is 1. The second kappa shape index (κ2) is 12.5. The lowest BCUT2D eigenvalue weighted by atomic mass is 10.0. The number of amides is 2. The van der Waals surface area contributed by atoms with Gasteiger partial charge < -0.3 is 20.7 Å². The van der Waals surface area contributed by atoms with E-state index in [1.807, 2.05) is 30.0 Å². The fraction of sp³-hybridized carbons (Fsp3) is 0.321. The Hall–Kier alpha value is -3.33. The molecule has 1 aliphatic heterocycles. The van der Waals surface area contributed by atoms with Gasteiger partial charge in [0.1, 0.15) is 6.10 Å². The van der Waals surface area contributed by atoms with Gasteiger partial charge >= 0.3 is 0 Å². The van der Waals surface area contributed by atoms with Crippen molar-refractivity contribution in [3.05, 3.63) is 75.9 Å². The highest BCUT2D eigenvalue weighted by atomic mass is 35.5. The van der Waals surface area contributed by atoms with Crippen LogP contribution in [0.5, 0.6) is 5.75 Å². The molecule has 0 bridgehead atoms. The number of rotatable bonds is 8. The Morgan fingerprint density at radius 2 is 1.71 bits per heavy atom. The Morgan fingerprint density at radius 1 is 1.05 bits per heavy atom. The third-order valence-corrected chi connectivity index (χ3v) is 7.26. The van der Waals surface area contributed by atoms with Crippen molar-refractivity contribution in [2.75, 3.05) is 45.0 Å². The Kier molecular flexibility index (Phi) is 9.09. The maximum Gasteiger partial charge on any atom is 0.251 e. The van der Waals surface area contributed by atoms with Crippen molar-refractivity contribution in [2.45, 2.75) is 20.0 Å². The second-order valence-electron chi connectivity index (χ2n) is 9.18. The molecule has 1 fully saturated rings. The van der Waals surface area contributed by atoms with Gasteiger partial charge in [-0.2, -0.15) is 0 Å². The average molecular weight is 556 g/mol. The first-order chi connectivity index (χ1) is 18.2. The number of aromatic nitrogens is 1. The van der Waals surface area contributed by atoms with E-state index in [0.717, 1.165) is 43.9 Å². The Morgan fingerprint density at radius 3 is 2.34 bits per heavy atom. The van der Waals surface area contributed by atoms with Gasteiger partial charge in [-0.05, 0) is 42.8 Å².